The van der Waals surface area contributed by atoms with E-state index in [1.807, 2.05) is 12.1 Å². The number of hydrogen-bond acceptors (Lipinski definition) is 5. The SMILES string of the molecule is CN1CCC(c2cccc3c2CCN(C(=O)OC(C)(C)C)C3C(=O)[O-])CC1.[Li+]. The second-order valence-electron chi connectivity index (χ2n) is 8.64. The Kier molecular flexibility index (Phi) is 7.25. The largest absolute Gasteiger partial charge is 1.00 e. The Morgan fingerprint density at radius 2 is 1.71 bits per heavy atom. The summed E-state index contributed by atoms with van der Waals surface area (Å²) in [5.74, 6) is -0.825. The van der Waals surface area contributed by atoms with Gasteiger partial charge in [-0.15, -0.1) is 0 Å². The number of carboxylic acids is 1. The smallest absolute Gasteiger partial charge is 0.548 e. The van der Waals surface area contributed by atoms with Gasteiger partial charge in [-0.3, -0.25) is 4.90 Å². The summed E-state index contributed by atoms with van der Waals surface area (Å²) < 4.78 is 5.42. The standard InChI is InChI=1S/C21H30N2O4.Li/c1-21(2,3)27-20(26)23-13-10-16-15(14-8-11-22(4)12-9-14)6-5-7-17(16)18(23)19(24)25;/h5-7,14,18H,8-13H2,1-4H3,(H,24,25);/q;+1/p-1. The maximum atomic E-state index is 12.6. The molecule has 1 aromatic carbocycles. The Morgan fingerprint density at radius 3 is 2.29 bits per heavy atom. The summed E-state index contributed by atoms with van der Waals surface area (Å²) in [6.45, 7) is 7.73. The van der Waals surface area contributed by atoms with Crippen LogP contribution in [0.2, 0.25) is 0 Å². The Hall–Kier alpha value is -1.48. The van der Waals surface area contributed by atoms with E-state index in [-0.39, 0.29) is 18.9 Å². The van der Waals surface area contributed by atoms with Crippen molar-refractivity contribution in [2.75, 3.05) is 26.7 Å². The average molecular weight is 380 g/mol. The molecule has 0 aromatic heterocycles. The minimum Gasteiger partial charge on any atom is -0.548 e. The van der Waals surface area contributed by atoms with Crippen LogP contribution in [0.5, 0.6) is 0 Å². The molecule has 1 aromatic rings. The van der Waals surface area contributed by atoms with E-state index in [1.165, 1.54) is 10.5 Å². The zero-order valence-corrected chi connectivity index (χ0v) is 17.7. The maximum absolute atomic E-state index is 12.6. The predicted molar refractivity (Wildman–Crippen MR) is 100 cm³/mol. The first-order valence-corrected chi connectivity index (χ1v) is 9.68. The van der Waals surface area contributed by atoms with Crippen molar-refractivity contribution in [2.24, 2.45) is 0 Å². The van der Waals surface area contributed by atoms with Crippen molar-refractivity contribution in [3.05, 3.63) is 34.9 Å². The molecule has 1 amide bonds. The molecule has 0 spiro atoms. The molecule has 1 fully saturated rings. The monoisotopic (exact) mass is 380 g/mol. The number of carbonyl (C=O) groups is 2. The molecular weight excluding hydrogens is 351 g/mol. The maximum Gasteiger partial charge on any atom is 1.00 e. The van der Waals surface area contributed by atoms with Crippen LogP contribution >= 0.6 is 0 Å². The Balaban J connectivity index is 0.00000280. The van der Waals surface area contributed by atoms with Crippen molar-refractivity contribution in [3.63, 3.8) is 0 Å². The Bertz CT molecular complexity index is 724. The number of piperidine rings is 1. The van der Waals surface area contributed by atoms with Crippen LogP contribution in [0, 0.1) is 0 Å². The average Bonchev–Trinajstić information content (AvgIpc) is 2.59. The third-order valence-electron chi connectivity index (χ3n) is 5.47. The Morgan fingerprint density at radius 1 is 1.11 bits per heavy atom. The van der Waals surface area contributed by atoms with E-state index in [1.54, 1.807) is 20.8 Å². The van der Waals surface area contributed by atoms with Crippen molar-refractivity contribution < 1.29 is 38.3 Å². The van der Waals surface area contributed by atoms with Gasteiger partial charge in [0.1, 0.15) is 11.6 Å². The molecule has 1 atom stereocenters. The molecule has 1 saturated heterocycles. The summed E-state index contributed by atoms with van der Waals surface area (Å²) in [4.78, 5) is 28.1. The molecule has 7 heteroatoms. The minimum atomic E-state index is -1.26. The number of aliphatic carboxylic acids is 1. The van der Waals surface area contributed by atoms with E-state index >= 15 is 0 Å². The molecule has 28 heavy (non-hydrogen) atoms. The van der Waals surface area contributed by atoms with E-state index in [2.05, 4.69) is 18.0 Å². The van der Waals surface area contributed by atoms with E-state index in [9.17, 15) is 14.7 Å². The summed E-state index contributed by atoms with van der Waals surface area (Å²) in [5.41, 5.74) is 2.30. The molecule has 0 N–H and O–H groups in total. The molecule has 0 radical (unpaired) electrons. The van der Waals surface area contributed by atoms with Gasteiger partial charge >= 0.3 is 25.0 Å². The van der Waals surface area contributed by atoms with Crippen LogP contribution in [0.4, 0.5) is 4.79 Å². The topological polar surface area (TPSA) is 72.9 Å². The third-order valence-corrected chi connectivity index (χ3v) is 5.47. The Labute approximate surface area is 179 Å². The van der Waals surface area contributed by atoms with Gasteiger partial charge in [0.2, 0.25) is 0 Å². The van der Waals surface area contributed by atoms with Gasteiger partial charge < -0.3 is 19.5 Å². The number of ether oxygens (including phenoxy) is 1. The number of benzene rings is 1. The molecule has 1 unspecified atom stereocenters. The zero-order valence-electron chi connectivity index (χ0n) is 17.7. The number of likely N-dealkylation sites (tertiary alicyclic amines) is 1. The van der Waals surface area contributed by atoms with Gasteiger partial charge in [-0.2, -0.15) is 0 Å². The first kappa shape index (κ1) is 22.8. The fraction of sp³-hybridized carbons (Fsp3) is 0.619. The van der Waals surface area contributed by atoms with Crippen molar-refractivity contribution in [1.82, 2.24) is 9.80 Å². The molecule has 2 heterocycles. The molecule has 2 aliphatic heterocycles. The summed E-state index contributed by atoms with van der Waals surface area (Å²) >= 11 is 0. The van der Waals surface area contributed by atoms with Gasteiger partial charge in [-0.1, -0.05) is 18.2 Å². The molecule has 2 aliphatic rings. The summed E-state index contributed by atoms with van der Waals surface area (Å²) in [7, 11) is 2.13. The van der Waals surface area contributed by atoms with Crippen LogP contribution in [0.3, 0.4) is 0 Å². The first-order chi connectivity index (χ1) is 12.7. The fourth-order valence-electron chi connectivity index (χ4n) is 4.17. The van der Waals surface area contributed by atoms with Crippen LogP contribution in [0.15, 0.2) is 18.2 Å². The van der Waals surface area contributed by atoms with Gasteiger partial charge in [0.05, 0.1) is 5.97 Å². The van der Waals surface area contributed by atoms with Crippen LogP contribution in [-0.2, 0) is 16.0 Å². The quantitative estimate of drug-likeness (QED) is 0.621. The van der Waals surface area contributed by atoms with Crippen molar-refractivity contribution >= 4 is 12.1 Å². The molecule has 6 nitrogen and oxygen atoms in total. The van der Waals surface area contributed by atoms with Crippen LogP contribution in [0.1, 0.15) is 62.3 Å². The number of amides is 1. The second-order valence-corrected chi connectivity index (χ2v) is 8.64. The van der Waals surface area contributed by atoms with E-state index in [0.717, 1.165) is 31.5 Å². The third kappa shape index (κ3) is 4.92. The first-order valence-electron chi connectivity index (χ1n) is 9.68. The van der Waals surface area contributed by atoms with Crippen LogP contribution in [-0.4, -0.2) is 54.1 Å². The number of hydrogen-bond donors (Lipinski definition) is 0. The van der Waals surface area contributed by atoms with E-state index < -0.39 is 23.7 Å². The molecule has 3 rings (SSSR count). The molecular formula is C21H29LiN2O4. The van der Waals surface area contributed by atoms with Crippen molar-refractivity contribution in [3.8, 4) is 0 Å². The van der Waals surface area contributed by atoms with Gasteiger partial charge in [0.25, 0.3) is 0 Å². The minimum absolute atomic E-state index is 0. The summed E-state index contributed by atoms with van der Waals surface area (Å²) in [6.07, 6.45) is 2.17. The van der Waals surface area contributed by atoms with Gasteiger partial charge in [0.15, 0.2) is 0 Å². The molecule has 0 bridgehead atoms. The molecule has 0 aliphatic carbocycles. The van der Waals surface area contributed by atoms with Crippen LogP contribution in [0.25, 0.3) is 0 Å². The van der Waals surface area contributed by atoms with Crippen molar-refractivity contribution in [2.45, 2.75) is 57.6 Å². The van der Waals surface area contributed by atoms with E-state index in [4.69, 9.17) is 4.74 Å². The molecule has 0 saturated carbocycles. The zero-order chi connectivity index (χ0) is 19.8. The summed E-state index contributed by atoms with van der Waals surface area (Å²) in [5, 5.41) is 12.0. The van der Waals surface area contributed by atoms with Gasteiger partial charge in [0, 0.05) is 6.54 Å². The number of nitrogens with zero attached hydrogens (tertiary/aromatic N) is 2. The van der Waals surface area contributed by atoms with Gasteiger partial charge in [-0.25, -0.2) is 4.79 Å². The molecule has 148 valence electrons. The number of rotatable bonds is 2. The fourth-order valence-corrected chi connectivity index (χ4v) is 4.17. The number of carboxylic acid groups (broad SMARTS) is 1. The normalized spacial score (nSPS) is 20.9. The second kappa shape index (κ2) is 8.90. The number of carbonyl (C=O) groups excluding carboxylic acids is 2. The van der Waals surface area contributed by atoms with Crippen molar-refractivity contribution in [1.29, 1.82) is 0 Å². The number of fused-ring (bicyclic) bond motifs is 1. The van der Waals surface area contributed by atoms with Crippen LogP contribution < -0.4 is 24.0 Å². The van der Waals surface area contributed by atoms with Gasteiger partial charge in [-0.05, 0) is 82.8 Å². The van der Waals surface area contributed by atoms with E-state index in [0.29, 0.717) is 24.4 Å². The summed E-state index contributed by atoms with van der Waals surface area (Å²) in [6, 6.07) is 4.73. The predicted octanol–water partition coefficient (Wildman–Crippen LogP) is -0.916.